The van der Waals surface area contributed by atoms with Crippen LogP contribution in [0.15, 0.2) is 52.1 Å². The van der Waals surface area contributed by atoms with Gasteiger partial charge in [-0.2, -0.15) is 4.98 Å². The van der Waals surface area contributed by atoms with E-state index in [1.807, 2.05) is 38.1 Å². The highest BCUT2D eigenvalue weighted by Crippen LogP contribution is 2.28. The molecule has 9 nitrogen and oxygen atoms in total. The van der Waals surface area contributed by atoms with Crippen LogP contribution in [0.1, 0.15) is 31.4 Å². The maximum Gasteiger partial charge on any atom is 0.354 e. The summed E-state index contributed by atoms with van der Waals surface area (Å²) in [4.78, 5) is 41.8. The van der Waals surface area contributed by atoms with Gasteiger partial charge in [0.15, 0.2) is 0 Å². The van der Waals surface area contributed by atoms with Gasteiger partial charge in [-0.05, 0) is 44.5 Å². The Bertz CT molecular complexity index is 1270. The second-order valence-electron chi connectivity index (χ2n) is 7.48. The van der Waals surface area contributed by atoms with Crippen LogP contribution in [0.25, 0.3) is 0 Å². The summed E-state index contributed by atoms with van der Waals surface area (Å²) < 4.78 is 12.6. The van der Waals surface area contributed by atoms with Gasteiger partial charge in [0.1, 0.15) is 5.75 Å². The van der Waals surface area contributed by atoms with Crippen LogP contribution in [0.5, 0.6) is 5.75 Å². The van der Waals surface area contributed by atoms with Crippen molar-refractivity contribution >= 4 is 29.2 Å². The lowest BCUT2D eigenvalue weighted by atomic mass is 10.1. The van der Waals surface area contributed by atoms with Gasteiger partial charge in [-0.25, -0.2) is 14.2 Å². The maximum atomic E-state index is 13.3. The molecule has 1 heterocycles. The van der Waals surface area contributed by atoms with Crippen LogP contribution in [-0.4, -0.2) is 33.3 Å². The van der Waals surface area contributed by atoms with E-state index in [2.05, 4.69) is 10.3 Å². The molecule has 0 aliphatic rings. The molecule has 3 aromatic rings. The van der Waals surface area contributed by atoms with Crippen molar-refractivity contribution in [3.63, 3.8) is 0 Å². The molecule has 1 aromatic heterocycles. The van der Waals surface area contributed by atoms with Crippen molar-refractivity contribution in [3.05, 3.63) is 79.6 Å². The second kappa shape index (κ2) is 11.5. The molecule has 0 saturated heterocycles. The van der Waals surface area contributed by atoms with Crippen LogP contribution in [0, 0.1) is 6.92 Å². The molecule has 0 spiro atoms. The van der Waals surface area contributed by atoms with Crippen molar-refractivity contribution in [2.75, 3.05) is 18.5 Å². The van der Waals surface area contributed by atoms with E-state index in [0.29, 0.717) is 23.1 Å². The lowest BCUT2D eigenvalue weighted by molar-refractivity contribution is -0.143. The summed E-state index contributed by atoms with van der Waals surface area (Å²) in [5, 5.41) is 3.39. The normalized spacial score (nSPS) is 10.7. The van der Waals surface area contributed by atoms with Crippen LogP contribution >= 0.6 is 11.6 Å². The first kappa shape index (κ1) is 25.0. The van der Waals surface area contributed by atoms with E-state index >= 15 is 0 Å². The molecule has 0 radical (unpaired) electrons. The Morgan fingerprint density at radius 1 is 1.06 bits per heavy atom. The van der Waals surface area contributed by atoms with Crippen molar-refractivity contribution in [1.29, 1.82) is 0 Å². The number of carbonyl (C=O) groups excluding carboxylic acids is 1. The lowest BCUT2D eigenvalue weighted by Crippen LogP contribution is -2.43. The van der Waals surface area contributed by atoms with Crippen LogP contribution in [-0.2, 0) is 22.6 Å². The van der Waals surface area contributed by atoms with Crippen molar-refractivity contribution < 1.29 is 14.3 Å². The molecule has 0 atom stereocenters. The van der Waals surface area contributed by atoms with Crippen molar-refractivity contribution in [2.45, 2.75) is 40.3 Å². The van der Waals surface area contributed by atoms with Gasteiger partial charge in [-0.1, -0.05) is 41.4 Å². The Kier molecular flexibility index (Phi) is 8.48. The molecule has 0 fully saturated rings. The van der Waals surface area contributed by atoms with E-state index < -0.39 is 17.3 Å². The molecule has 3 rings (SSSR count). The van der Waals surface area contributed by atoms with Gasteiger partial charge in [0.2, 0.25) is 5.95 Å². The molecule has 0 amide bonds. The fourth-order valence-corrected chi connectivity index (χ4v) is 3.49. The minimum Gasteiger partial charge on any atom is -0.492 e. The van der Waals surface area contributed by atoms with Crippen LogP contribution in [0.2, 0.25) is 5.02 Å². The first-order valence-electron chi connectivity index (χ1n) is 10.9. The Morgan fingerprint density at radius 2 is 1.79 bits per heavy atom. The molecular weight excluding hydrogens is 460 g/mol. The first-order valence-corrected chi connectivity index (χ1v) is 11.3. The van der Waals surface area contributed by atoms with Crippen LogP contribution in [0.3, 0.4) is 0 Å². The first-order chi connectivity index (χ1) is 16.3. The van der Waals surface area contributed by atoms with Crippen molar-refractivity contribution in [2.24, 2.45) is 0 Å². The molecule has 34 heavy (non-hydrogen) atoms. The zero-order valence-corrected chi connectivity index (χ0v) is 20.1. The minimum absolute atomic E-state index is 0.0585. The van der Waals surface area contributed by atoms with E-state index in [4.69, 9.17) is 21.1 Å². The van der Waals surface area contributed by atoms with E-state index in [1.165, 1.54) is 4.57 Å². The van der Waals surface area contributed by atoms with Crippen molar-refractivity contribution in [1.82, 2.24) is 14.1 Å². The third-order valence-corrected chi connectivity index (χ3v) is 5.24. The highest BCUT2D eigenvalue weighted by Gasteiger charge is 2.16. The standard InChI is InChI=1S/C24H27ClN4O5/c1-4-33-20-11-10-18(14-19(20)25)26-22-27-23(31)28(13-12-21(30)34-5-2)24(32)29(22)15-17-8-6-16(3)7-9-17/h6-11,14H,4-5,12-13,15H2,1-3H3,(H,26,27,31). The van der Waals surface area contributed by atoms with Gasteiger partial charge in [0.05, 0.1) is 31.2 Å². The largest absolute Gasteiger partial charge is 0.492 e. The monoisotopic (exact) mass is 486 g/mol. The molecule has 0 aliphatic heterocycles. The number of anilines is 2. The van der Waals surface area contributed by atoms with Gasteiger partial charge < -0.3 is 14.8 Å². The molecule has 2 aromatic carbocycles. The van der Waals surface area contributed by atoms with Gasteiger partial charge in [0, 0.05) is 12.2 Å². The molecule has 180 valence electrons. The summed E-state index contributed by atoms with van der Waals surface area (Å²) in [5.41, 5.74) is 1.09. The number of hydrogen-bond donors (Lipinski definition) is 1. The smallest absolute Gasteiger partial charge is 0.354 e. The van der Waals surface area contributed by atoms with E-state index in [1.54, 1.807) is 25.1 Å². The van der Waals surface area contributed by atoms with Crippen molar-refractivity contribution in [3.8, 4) is 5.75 Å². The molecule has 0 saturated carbocycles. The zero-order chi connectivity index (χ0) is 24.7. The highest BCUT2D eigenvalue weighted by atomic mass is 35.5. The lowest BCUT2D eigenvalue weighted by Gasteiger charge is -2.16. The molecule has 10 heteroatoms. The Morgan fingerprint density at radius 3 is 2.44 bits per heavy atom. The van der Waals surface area contributed by atoms with Gasteiger partial charge in [-0.15, -0.1) is 0 Å². The molecule has 1 N–H and O–H groups in total. The van der Waals surface area contributed by atoms with E-state index in [-0.39, 0.29) is 32.1 Å². The van der Waals surface area contributed by atoms with Crippen LogP contribution in [0.4, 0.5) is 11.6 Å². The summed E-state index contributed by atoms with van der Waals surface area (Å²) in [5.74, 6) is 0.0856. The minimum atomic E-state index is -0.769. The quantitative estimate of drug-likeness (QED) is 0.437. The summed E-state index contributed by atoms with van der Waals surface area (Å²) in [6.07, 6.45) is -0.115. The number of benzene rings is 2. The SMILES string of the molecule is CCOC(=O)CCn1c(=O)nc(Nc2ccc(OCC)c(Cl)c2)n(Cc2ccc(C)cc2)c1=O. The second-order valence-corrected chi connectivity index (χ2v) is 7.89. The average Bonchev–Trinajstić information content (AvgIpc) is 2.79. The number of nitrogens with zero attached hydrogens (tertiary/aromatic N) is 3. The zero-order valence-electron chi connectivity index (χ0n) is 19.3. The third kappa shape index (κ3) is 6.26. The predicted molar refractivity (Wildman–Crippen MR) is 130 cm³/mol. The summed E-state index contributed by atoms with van der Waals surface area (Å²) in [6.45, 7) is 6.23. The average molecular weight is 487 g/mol. The Hall–Kier alpha value is -3.59. The number of halogens is 1. The Balaban J connectivity index is 2.00. The van der Waals surface area contributed by atoms with E-state index in [9.17, 15) is 14.4 Å². The highest BCUT2D eigenvalue weighted by molar-refractivity contribution is 6.32. The number of aromatic nitrogens is 3. The molecular formula is C24H27ClN4O5. The predicted octanol–water partition coefficient (Wildman–Crippen LogP) is 3.51. The summed E-state index contributed by atoms with van der Waals surface area (Å²) in [7, 11) is 0. The fourth-order valence-electron chi connectivity index (χ4n) is 3.25. The number of esters is 1. The molecule has 0 aliphatic carbocycles. The number of carbonyl (C=O) groups is 1. The number of nitrogens with one attached hydrogen (secondary N) is 1. The molecule has 0 unspecified atom stereocenters. The number of ether oxygens (including phenoxy) is 2. The topological polar surface area (TPSA) is 104 Å². The Labute approximate surface area is 201 Å². The fraction of sp³-hybridized carbons (Fsp3) is 0.333. The number of aryl methyl sites for hydroxylation is 1. The third-order valence-electron chi connectivity index (χ3n) is 4.94. The van der Waals surface area contributed by atoms with Gasteiger partial charge >= 0.3 is 17.3 Å². The maximum absolute atomic E-state index is 13.3. The summed E-state index contributed by atoms with van der Waals surface area (Å²) >= 11 is 6.28. The van der Waals surface area contributed by atoms with Gasteiger partial charge in [0.25, 0.3) is 0 Å². The van der Waals surface area contributed by atoms with Gasteiger partial charge in [-0.3, -0.25) is 9.36 Å². The number of hydrogen-bond acceptors (Lipinski definition) is 7. The van der Waals surface area contributed by atoms with Crippen LogP contribution < -0.4 is 21.4 Å². The number of rotatable bonds is 10. The summed E-state index contributed by atoms with van der Waals surface area (Å²) in [6, 6.07) is 12.7. The molecule has 0 bridgehead atoms. The van der Waals surface area contributed by atoms with E-state index in [0.717, 1.165) is 15.7 Å².